The first-order valence-electron chi connectivity index (χ1n) is 8.72. The average Bonchev–Trinajstić information content (AvgIpc) is 3.11. The van der Waals surface area contributed by atoms with Crippen molar-refractivity contribution in [2.45, 2.75) is 19.4 Å². The Bertz CT molecular complexity index is 1130. The molecule has 0 saturated carbocycles. The first-order valence-corrected chi connectivity index (χ1v) is 9.10. The summed E-state index contributed by atoms with van der Waals surface area (Å²) in [5.74, 6) is -2.45. The standard InChI is InChI=1S/C20H16ClF2N5O2/c1-12-25-18(27-28(12)14-5-3-13(21)4-6-14)19(29)26-20(2,10-24)11-30-15-7-8-16(22)17(23)9-15/h3-9H,11H2,1-2H3,(H,26,29)/t20-/m0/s1. The zero-order valence-electron chi connectivity index (χ0n) is 16.0. The van der Waals surface area contributed by atoms with Crippen LogP contribution in [0, 0.1) is 29.9 Å². The van der Waals surface area contributed by atoms with Crippen LogP contribution < -0.4 is 10.1 Å². The second kappa shape index (κ2) is 8.47. The first kappa shape index (κ1) is 21.2. The lowest BCUT2D eigenvalue weighted by Gasteiger charge is -2.22. The van der Waals surface area contributed by atoms with Gasteiger partial charge in [0.05, 0.1) is 11.8 Å². The lowest BCUT2D eigenvalue weighted by atomic mass is 10.1. The van der Waals surface area contributed by atoms with Crippen LogP contribution in [0.1, 0.15) is 23.4 Å². The van der Waals surface area contributed by atoms with Gasteiger partial charge in [0.2, 0.25) is 5.82 Å². The predicted octanol–water partition coefficient (Wildman–Crippen LogP) is 3.60. The molecule has 0 fully saturated rings. The average molecular weight is 432 g/mol. The van der Waals surface area contributed by atoms with E-state index in [-0.39, 0.29) is 18.2 Å². The fourth-order valence-corrected chi connectivity index (χ4v) is 2.64. The van der Waals surface area contributed by atoms with Crippen molar-refractivity contribution in [1.29, 1.82) is 5.26 Å². The summed E-state index contributed by atoms with van der Waals surface area (Å²) in [6, 6.07) is 11.7. The van der Waals surface area contributed by atoms with Gasteiger partial charge in [-0.2, -0.15) is 5.26 Å². The van der Waals surface area contributed by atoms with Crippen LogP contribution in [0.25, 0.3) is 5.69 Å². The van der Waals surface area contributed by atoms with Crippen LogP contribution in [-0.2, 0) is 0 Å². The van der Waals surface area contributed by atoms with Crippen molar-refractivity contribution in [2.24, 2.45) is 0 Å². The summed E-state index contributed by atoms with van der Waals surface area (Å²) in [6.07, 6.45) is 0. The SMILES string of the molecule is Cc1nc(C(=O)N[C@@](C)(C#N)COc2ccc(F)c(F)c2)nn1-c1ccc(Cl)cc1. The van der Waals surface area contributed by atoms with Crippen LogP contribution >= 0.6 is 11.6 Å². The molecular formula is C20H16ClF2N5O2. The van der Waals surface area contributed by atoms with Crippen LogP contribution in [0.3, 0.4) is 0 Å². The Morgan fingerprint density at radius 1 is 1.27 bits per heavy atom. The Kier molecular flexibility index (Phi) is 5.99. The molecule has 7 nitrogen and oxygen atoms in total. The lowest BCUT2D eigenvalue weighted by molar-refractivity contribution is 0.0890. The Morgan fingerprint density at radius 2 is 1.97 bits per heavy atom. The van der Waals surface area contributed by atoms with Crippen molar-refractivity contribution < 1.29 is 18.3 Å². The highest BCUT2D eigenvalue weighted by molar-refractivity contribution is 6.30. The van der Waals surface area contributed by atoms with Crippen molar-refractivity contribution in [3.05, 3.63) is 70.8 Å². The van der Waals surface area contributed by atoms with E-state index in [0.717, 1.165) is 12.1 Å². The largest absolute Gasteiger partial charge is 0.490 e. The summed E-state index contributed by atoms with van der Waals surface area (Å²) in [5.41, 5.74) is -0.810. The summed E-state index contributed by atoms with van der Waals surface area (Å²) in [5, 5.41) is 16.7. The lowest BCUT2D eigenvalue weighted by Crippen LogP contribution is -2.49. The zero-order valence-corrected chi connectivity index (χ0v) is 16.7. The molecule has 0 radical (unpaired) electrons. The first-order chi connectivity index (χ1) is 14.2. The Morgan fingerprint density at radius 3 is 2.60 bits per heavy atom. The summed E-state index contributed by atoms with van der Waals surface area (Å²) < 4.78 is 33.1. The molecule has 30 heavy (non-hydrogen) atoms. The maximum Gasteiger partial charge on any atom is 0.292 e. The second-order valence-corrected chi connectivity index (χ2v) is 7.07. The zero-order chi connectivity index (χ0) is 21.9. The van der Waals surface area contributed by atoms with Gasteiger partial charge in [0.15, 0.2) is 17.2 Å². The third-order valence-corrected chi connectivity index (χ3v) is 4.35. The number of halogens is 3. The number of hydrogen-bond acceptors (Lipinski definition) is 5. The molecule has 10 heteroatoms. The number of carbonyl (C=O) groups is 1. The molecule has 1 amide bonds. The molecule has 1 atom stereocenters. The van der Waals surface area contributed by atoms with Gasteiger partial charge in [0, 0.05) is 11.1 Å². The predicted molar refractivity (Wildman–Crippen MR) is 104 cm³/mol. The minimum Gasteiger partial charge on any atom is -0.490 e. The fraction of sp³-hybridized carbons (Fsp3) is 0.200. The molecule has 1 N–H and O–H groups in total. The molecule has 0 saturated heterocycles. The van der Waals surface area contributed by atoms with E-state index in [2.05, 4.69) is 15.4 Å². The minimum atomic E-state index is -1.47. The van der Waals surface area contributed by atoms with E-state index in [0.29, 0.717) is 16.5 Å². The van der Waals surface area contributed by atoms with Crippen molar-refractivity contribution in [3.63, 3.8) is 0 Å². The van der Waals surface area contributed by atoms with E-state index < -0.39 is 23.1 Å². The number of nitrogens with one attached hydrogen (secondary N) is 1. The minimum absolute atomic E-state index is 0.0191. The van der Waals surface area contributed by atoms with Crippen LogP contribution in [0.4, 0.5) is 8.78 Å². The van der Waals surface area contributed by atoms with Crippen molar-refractivity contribution in [3.8, 4) is 17.5 Å². The molecule has 2 aromatic carbocycles. The molecular weight excluding hydrogens is 416 g/mol. The molecule has 3 rings (SSSR count). The second-order valence-electron chi connectivity index (χ2n) is 6.63. The highest BCUT2D eigenvalue weighted by Crippen LogP contribution is 2.18. The normalized spacial score (nSPS) is 12.7. The number of benzene rings is 2. The fourth-order valence-electron chi connectivity index (χ4n) is 2.51. The number of ether oxygens (including phenoxy) is 1. The summed E-state index contributed by atoms with van der Waals surface area (Å²) in [7, 11) is 0. The third-order valence-electron chi connectivity index (χ3n) is 4.10. The Labute approximate surface area is 175 Å². The number of rotatable bonds is 6. The van der Waals surface area contributed by atoms with Crippen molar-refractivity contribution >= 4 is 17.5 Å². The number of hydrogen-bond donors (Lipinski definition) is 1. The molecule has 0 unspecified atom stereocenters. The van der Waals surface area contributed by atoms with E-state index in [1.807, 2.05) is 6.07 Å². The number of nitriles is 1. The van der Waals surface area contributed by atoms with Gasteiger partial charge in [-0.15, -0.1) is 5.10 Å². The monoisotopic (exact) mass is 431 g/mol. The van der Waals surface area contributed by atoms with Gasteiger partial charge in [0.25, 0.3) is 5.91 Å². The van der Waals surface area contributed by atoms with Crippen molar-refractivity contribution in [2.75, 3.05) is 6.61 Å². The van der Waals surface area contributed by atoms with E-state index in [9.17, 15) is 18.8 Å². The van der Waals surface area contributed by atoms with Gasteiger partial charge in [-0.1, -0.05) is 11.6 Å². The Hall–Kier alpha value is -3.51. The number of carbonyl (C=O) groups excluding carboxylic acids is 1. The van der Waals surface area contributed by atoms with E-state index in [4.69, 9.17) is 16.3 Å². The quantitative estimate of drug-likeness (QED) is 0.643. The van der Waals surface area contributed by atoms with Gasteiger partial charge in [-0.25, -0.2) is 18.4 Å². The van der Waals surface area contributed by atoms with E-state index in [1.165, 1.54) is 17.7 Å². The van der Waals surface area contributed by atoms with E-state index >= 15 is 0 Å². The maximum absolute atomic E-state index is 13.3. The van der Waals surface area contributed by atoms with Crippen LogP contribution in [0.15, 0.2) is 42.5 Å². The molecule has 3 aromatic rings. The Balaban J connectivity index is 1.73. The molecule has 0 aliphatic carbocycles. The maximum atomic E-state index is 13.3. The highest BCUT2D eigenvalue weighted by atomic mass is 35.5. The molecule has 0 aliphatic rings. The van der Waals surface area contributed by atoms with Crippen LogP contribution in [0.2, 0.25) is 5.02 Å². The van der Waals surface area contributed by atoms with Gasteiger partial charge >= 0.3 is 0 Å². The molecule has 154 valence electrons. The van der Waals surface area contributed by atoms with Gasteiger partial charge in [-0.3, -0.25) is 4.79 Å². The number of amides is 1. The topological polar surface area (TPSA) is 92.8 Å². The third kappa shape index (κ3) is 4.72. The van der Waals surface area contributed by atoms with Gasteiger partial charge in [-0.05, 0) is 50.2 Å². The summed E-state index contributed by atoms with van der Waals surface area (Å²) in [6.45, 7) is 2.79. The van der Waals surface area contributed by atoms with Crippen LogP contribution in [0.5, 0.6) is 5.75 Å². The van der Waals surface area contributed by atoms with Crippen LogP contribution in [-0.4, -0.2) is 32.8 Å². The summed E-state index contributed by atoms with van der Waals surface area (Å²) >= 11 is 5.88. The van der Waals surface area contributed by atoms with Gasteiger partial charge < -0.3 is 10.1 Å². The van der Waals surface area contributed by atoms with E-state index in [1.54, 1.807) is 31.2 Å². The molecule has 0 bridgehead atoms. The van der Waals surface area contributed by atoms with Gasteiger partial charge in [0.1, 0.15) is 18.2 Å². The number of aryl methyl sites for hydroxylation is 1. The number of nitrogens with zero attached hydrogens (tertiary/aromatic N) is 4. The number of aromatic nitrogens is 3. The molecule has 0 aliphatic heterocycles. The van der Waals surface area contributed by atoms with Crippen molar-refractivity contribution in [1.82, 2.24) is 20.1 Å². The summed E-state index contributed by atoms with van der Waals surface area (Å²) in [4.78, 5) is 16.7. The highest BCUT2D eigenvalue weighted by Gasteiger charge is 2.30. The molecule has 0 spiro atoms. The molecule has 1 aromatic heterocycles. The molecule has 1 heterocycles. The smallest absolute Gasteiger partial charge is 0.292 e.